The van der Waals surface area contributed by atoms with Crippen LogP contribution >= 0.6 is 0 Å². The Balaban J connectivity index is 1.73. The fourth-order valence-electron chi connectivity index (χ4n) is 3.23. The molecule has 1 atom stereocenters. The first kappa shape index (κ1) is 19.2. The molecule has 1 N–H and O–H groups in total. The fraction of sp³-hybridized carbons (Fsp3) is 0.381. The van der Waals surface area contributed by atoms with Crippen molar-refractivity contribution in [1.82, 2.24) is 10.2 Å². The molecule has 0 aromatic heterocycles. The van der Waals surface area contributed by atoms with Crippen LogP contribution in [0.3, 0.4) is 0 Å². The van der Waals surface area contributed by atoms with Crippen molar-refractivity contribution in [2.75, 3.05) is 47.1 Å². The molecule has 0 aliphatic carbocycles. The monoisotopic (exact) mass is 370 g/mol. The van der Waals surface area contributed by atoms with Gasteiger partial charge < -0.3 is 19.5 Å². The summed E-state index contributed by atoms with van der Waals surface area (Å²) in [5.74, 6) is 1.44. The van der Waals surface area contributed by atoms with Gasteiger partial charge in [0.15, 0.2) is 0 Å². The molecule has 6 nitrogen and oxygen atoms in total. The van der Waals surface area contributed by atoms with Gasteiger partial charge in [-0.2, -0.15) is 0 Å². The lowest BCUT2D eigenvalue weighted by molar-refractivity contribution is 0.0162. The van der Waals surface area contributed by atoms with E-state index in [9.17, 15) is 4.79 Å². The van der Waals surface area contributed by atoms with E-state index >= 15 is 0 Å². The third kappa shape index (κ3) is 4.99. The summed E-state index contributed by atoms with van der Waals surface area (Å²) in [6, 6.07) is 15.2. The summed E-state index contributed by atoms with van der Waals surface area (Å²) in [4.78, 5) is 14.9. The van der Waals surface area contributed by atoms with E-state index in [1.807, 2.05) is 18.2 Å². The lowest BCUT2D eigenvalue weighted by Crippen LogP contribution is -2.43. The topological polar surface area (TPSA) is 60.0 Å². The number of nitrogens with zero attached hydrogens (tertiary/aromatic N) is 1. The van der Waals surface area contributed by atoms with Crippen LogP contribution in [0.1, 0.15) is 22.0 Å². The fourth-order valence-corrected chi connectivity index (χ4v) is 3.23. The molecule has 1 aliphatic rings. The summed E-state index contributed by atoms with van der Waals surface area (Å²) < 4.78 is 16.0. The maximum atomic E-state index is 12.6. The summed E-state index contributed by atoms with van der Waals surface area (Å²) in [6.07, 6.45) is 0. The summed E-state index contributed by atoms with van der Waals surface area (Å²) in [7, 11) is 3.27. The molecule has 1 unspecified atom stereocenters. The number of benzene rings is 2. The predicted molar refractivity (Wildman–Crippen MR) is 103 cm³/mol. The Morgan fingerprint density at radius 3 is 2.44 bits per heavy atom. The van der Waals surface area contributed by atoms with Gasteiger partial charge in [-0.25, -0.2) is 0 Å². The molecule has 1 saturated heterocycles. The standard InChI is InChI=1S/C21H26N2O4/c1-25-18-8-6-16(7-9-18)21(24)22-15-20(23-10-12-27-13-11-23)17-4-3-5-19(14-17)26-2/h3-9,14,20H,10-13,15H2,1-2H3,(H,22,24). The van der Waals surface area contributed by atoms with E-state index in [-0.39, 0.29) is 11.9 Å². The number of nitrogens with one attached hydrogen (secondary N) is 1. The zero-order chi connectivity index (χ0) is 19.1. The predicted octanol–water partition coefficient (Wildman–Crippen LogP) is 2.51. The van der Waals surface area contributed by atoms with Gasteiger partial charge in [-0.1, -0.05) is 12.1 Å². The number of carbonyl (C=O) groups excluding carboxylic acids is 1. The largest absolute Gasteiger partial charge is 0.497 e. The van der Waals surface area contributed by atoms with E-state index in [1.54, 1.807) is 38.5 Å². The molecule has 6 heteroatoms. The Morgan fingerprint density at radius 2 is 1.78 bits per heavy atom. The highest BCUT2D eigenvalue weighted by atomic mass is 16.5. The van der Waals surface area contributed by atoms with E-state index < -0.39 is 0 Å². The third-order valence-electron chi connectivity index (χ3n) is 4.77. The highest BCUT2D eigenvalue weighted by Crippen LogP contribution is 2.25. The van der Waals surface area contributed by atoms with Crippen molar-refractivity contribution in [3.05, 3.63) is 59.7 Å². The average molecular weight is 370 g/mol. The first-order chi connectivity index (χ1) is 13.2. The SMILES string of the molecule is COc1ccc(C(=O)NCC(c2cccc(OC)c2)N2CCOCC2)cc1. The summed E-state index contributed by atoms with van der Waals surface area (Å²) >= 11 is 0. The van der Waals surface area contributed by atoms with Gasteiger partial charge in [0.25, 0.3) is 5.91 Å². The van der Waals surface area contributed by atoms with E-state index in [1.165, 1.54) is 0 Å². The molecule has 1 amide bonds. The van der Waals surface area contributed by atoms with Gasteiger partial charge in [0.2, 0.25) is 0 Å². The average Bonchev–Trinajstić information content (AvgIpc) is 2.74. The minimum absolute atomic E-state index is 0.0613. The molecule has 2 aromatic rings. The van der Waals surface area contributed by atoms with Crippen molar-refractivity contribution >= 4 is 5.91 Å². The Bertz CT molecular complexity index is 742. The second kappa shape index (κ2) is 9.39. The Labute approximate surface area is 160 Å². The molecular formula is C21H26N2O4. The minimum atomic E-state index is -0.0983. The minimum Gasteiger partial charge on any atom is -0.497 e. The van der Waals surface area contributed by atoms with Crippen LogP contribution in [0.4, 0.5) is 0 Å². The van der Waals surface area contributed by atoms with Crippen LogP contribution in [0.2, 0.25) is 0 Å². The van der Waals surface area contributed by atoms with Crippen LogP contribution in [0, 0.1) is 0 Å². The number of methoxy groups -OCH3 is 2. The van der Waals surface area contributed by atoms with E-state index in [4.69, 9.17) is 14.2 Å². The van der Waals surface area contributed by atoms with Crippen molar-refractivity contribution < 1.29 is 19.0 Å². The Morgan fingerprint density at radius 1 is 1.07 bits per heavy atom. The number of morpholine rings is 1. The second-order valence-corrected chi connectivity index (χ2v) is 6.38. The van der Waals surface area contributed by atoms with Crippen LogP contribution in [-0.2, 0) is 4.74 Å². The second-order valence-electron chi connectivity index (χ2n) is 6.38. The summed E-state index contributed by atoms with van der Waals surface area (Å²) in [5, 5.41) is 3.07. The molecule has 3 rings (SSSR count). The molecule has 0 saturated carbocycles. The molecule has 0 bridgehead atoms. The highest BCUT2D eigenvalue weighted by molar-refractivity contribution is 5.94. The smallest absolute Gasteiger partial charge is 0.251 e. The van der Waals surface area contributed by atoms with E-state index in [0.717, 1.165) is 30.2 Å². The van der Waals surface area contributed by atoms with Crippen LogP contribution in [0.15, 0.2) is 48.5 Å². The van der Waals surface area contributed by atoms with Gasteiger partial charge in [0, 0.05) is 25.2 Å². The first-order valence-electron chi connectivity index (χ1n) is 9.09. The van der Waals surface area contributed by atoms with Crippen LogP contribution in [0.5, 0.6) is 11.5 Å². The maximum absolute atomic E-state index is 12.6. The zero-order valence-electron chi connectivity index (χ0n) is 15.8. The van der Waals surface area contributed by atoms with Gasteiger partial charge in [-0.3, -0.25) is 9.69 Å². The quantitative estimate of drug-likeness (QED) is 0.812. The molecule has 27 heavy (non-hydrogen) atoms. The molecule has 144 valence electrons. The highest BCUT2D eigenvalue weighted by Gasteiger charge is 2.23. The summed E-state index contributed by atoms with van der Waals surface area (Å²) in [5.41, 5.74) is 1.73. The van der Waals surface area contributed by atoms with Crippen molar-refractivity contribution in [3.8, 4) is 11.5 Å². The van der Waals surface area contributed by atoms with E-state index in [2.05, 4.69) is 16.3 Å². The summed E-state index contributed by atoms with van der Waals surface area (Å²) in [6.45, 7) is 3.58. The number of carbonyl (C=O) groups is 1. The Hall–Kier alpha value is -2.57. The number of ether oxygens (including phenoxy) is 3. The molecule has 1 aliphatic heterocycles. The lowest BCUT2D eigenvalue weighted by Gasteiger charge is -2.35. The van der Waals surface area contributed by atoms with Gasteiger partial charge >= 0.3 is 0 Å². The van der Waals surface area contributed by atoms with Crippen molar-refractivity contribution in [1.29, 1.82) is 0 Å². The molecular weight excluding hydrogens is 344 g/mol. The maximum Gasteiger partial charge on any atom is 0.251 e. The van der Waals surface area contributed by atoms with Gasteiger partial charge in [-0.05, 0) is 42.0 Å². The normalized spacial score (nSPS) is 15.8. The van der Waals surface area contributed by atoms with E-state index in [0.29, 0.717) is 25.3 Å². The first-order valence-corrected chi connectivity index (χ1v) is 9.09. The molecule has 0 spiro atoms. The van der Waals surface area contributed by atoms with Gasteiger partial charge in [0.1, 0.15) is 11.5 Å². The van der Waals surface area contributed by atoms with Crippen LogP contribution in [-0.4, -0.2) is 57.9 Å². The van der Waals surface area contributed by atoms with Crippen LogP contribution < -0.4 is 14.8 Å². The van der Waals surface area contributed by atoms with Gasteiger partial charge in [-0.15, -0.1) is 0 Å². The van der Waals surface area contributed by atoms with Crippen molar-refractivity contribution in [2.24, 2.45) is 0 Å². The number of amides is 1. The Kier molecular flexibility index (Phi) is 6.68. The third-order valence-corrected chi connectivity index (χ3v) is 4.77. The number of rotatable bonds is 7. The van der Waals surface area contributed by atoms with Gasteiger partial charge in [0.05, 0.1) is 33.5 Å². The van der Waals surface area contributed by atoms with Crippen molar-refractivity contribution in [3.63, 3.8) is 0 Å². The molecule has 1 heterocycles. The zero-order valence-corrected chi connectivity index (χ0v) is 15.8. The lowest BCUT2D eigenvalue weighted by atomic mass is 10.0. The number of hydrogen-bond donors (Lipinski definition) is 1. The molecule has 0 radical (unpaired) electrons. The van der Waals surface area contributed by atoms with Crippen LogP contribution in [0.25, 0.3) is 0 Å². The molecule has 2 aromatic carbocycles. The number of hydrogen-bond acceptors (Lipinski definition) is 5. The molecule has 1 fully saturated rings. The van der Waals surface area contributed by atoms with Crippen molar-refractivity contribution in [2.45, 2.75) is 6.04 Å².